The molecular formula is C16H16ClN5O3. The van der Waals surface area contributed by atoms with Crippen LogP contribution in [0.1, 0.15) is 30.8 Å². The number of halogens is 1. The number of hydrogen-bond acceptors (Lipinski definition) is 6. The van der Waals surface area contributed by atoms with Gasteiger partial charge in [0.1, 0.15) is 29.1 Å². The van der Waals surface area contributed by atoms with Crippen LogP contribution in [-0.4, -0.2) is 37.1 Å². The second-order valence-corrected chi connectivity index (χ2v) is 6.84. The van der Waals surface area contributed by atoms with Crippen LogP contribution in [-0.2, 0) is 10.4 Å². The smallest absolute Gasteiger partial charge is 0.287 e. The number of amides is 1. The zero-order valence-corrected chi connectivity index (χ0v) is 14.4. The molecule has 9 heteroatoms. The Labute approximate surface area is 148 Å². The Hall–Kier alpha value is -2.45. The van der Waals surface area contributed by atoms with Crippen molar-refractivity contribution in [2.24, 2.45) is 0 Å². The number of ether oxygens (including phenoxy) is 1. The van der Waals surface area contributed by atoms with Crippen LogP contribution in [0.15, 0.2) is 35.5 Å². The molecule has 25 heavy (non-hydrogen) atoms. The lowest BCUT2D eigenvalue weighted by molar-refractivity contribution is -0.0595. The fraction of sp³-hybridized carbons (Fsp3) is 0.375. The molecule has 2 aliphatic heterocycles. The number of carbonyl (C=O) groups excluding carboxylic acids is 1. The molecule has 1 saturated heterocycles. The number of aromatic nitrogens is 3. The fourth-order valence-electron chi connectivity index (χ4n) is 3.61. The Morgan fingerprint density at radius 2 is 2.08 bits per heavy atom. The number of hydrogen-bond donors (Lipinski definition) is 1. The summed E-state index contributed by atoms with van der Waals surface area (Å²) < 4.78 is 8.33. The molecule has 0 aromatic carbocycles. The largest absolute Gasteiger partial charge is 0.371 e. The highest BCUT2D eigenvalue weighted by Crippen LogP contribution is 2.49. The van der Waals surface area contributed by atoms with E-state index in [0.29, 0.717) is 24.5 Å². The summed E-state index contributed by atoms with van der Waals surface area (Å²) in [4.78, 5) is 33.7. The molecule has 0 saturated carbocycles. The van der Waals surface area contributed by atoms with Gasteiger partial charge in [0.25, 0.3) is 11.5 Å². The molecule has 2 aromatic heterocycles. The molecule has 1 atom stereocenters. The molecule has 2 aromatic rings. The summed E-state index contributed by atoms with van der Waals surface area (Å²) in [7, 11) is 0. The lowest BCUT2D eigenvalue weighted by Crippen LogP contribution is -2.57. The molecule has 1 fully saturated rings. The van der Waals surface area contributed by atoms with Crippen LogP contribution < -0.4 is 10.9 Å². The van der Waals surface area contributed by atoms with E-state index >= 15 is 0 Å². The molecule has 0 aliphatic carbocycles. The minimum absolute atomic E-state index is 0.242. The van der Waals surface area contributed by atoms with Gasteiger partial charge in [-0.2, -0.15) is 0 Å². The Balaban J connectivity index is 1.90. The molecule has 2 aliphatic rings. The van der Waals surface area contributed by atoms with Gasteiger partial charge in [-0.05, 0) is 32.0 Å². The van der Waals surface area contributed by atoms with Gasteiger partial charge in [-0.1, -0.05) is 0 Å². The summed E-state index contributed by atoms with van der Waals surface area (Å²) in [6, 6.07) is 4.79. The van der Waals surface area contributed by atoms with Gasteiger partial charge in [0.15, 0.2) is 5.66 Å². The van der Waals surface area contributed by atoms with Crippen molar-refractivity contribution in [2.45, 2.75) is 31.5 Å². The highest BCUT2D eigenvalue weighted by Gasteiger charge is 2.62. The molecule has 1 amide bonds. The van der Waals surface area contributed by atoms with Crippen molar-refractivity contribution < 1.29 is 9.53 Å². The highest BCUT2D eigenvalue weighted by molar-refractivity contribution is 6.25. The van der Waals surface area contributed by atoms with Crippen molar-refractivity contribution in [3.8, 4) is 0 Å². The Bertz CT molecular complexity index is 914. The molecule has 4 rings (SSSR count). The van der Waals surface area contributed by atoms with Crippen molar-refractivity contribution >= 4 is 29.2 Å². The monoisotopic (exact) mass is 361 g/mol. The summed E-state index contributed by atoms with van der Waals surface area (Å²) in [5, 5.41) is 2.97. The van der Waals surface area contributed by atoms with Crippen LogP contribution in [0.25, 0.3) is 0 Å². The fourth-order valence-corrected chi connectivity index (χ4v) is 4.06. The number of pyridine rings is 1. The Morgan fingerprint density at radius 3 is 2.72 bits per heavy atom. The minimum Gasteiger partial charge on any atom is -0.371 e. The van der Waals surface area contributed by atoms with Gasteiger partial charge in [-0.15, -0.1) is 0 Å². The summed E-state index contributed by atoms with van der Waals surface area (Å²) in [6.07, 6.45) is 3.38. The third-order valence-electron chi connectivity index (χ3n) is 4.90. The van der Waals surface area contributed by atoms with Crippen molar-refractivity contribution in [1.82, 2.24) is 19.0 Å². The summed E-state index contributed by atoms with van der Waals surface area (Å²) >= 11 is 6.36. The van der Waals surface area contributed by atoms with Gasteiger partial charge in [0.2, 0.25) is 0 Å². The lowest BCUT2D eigenvalue weighted by atomic mass is 9.90. The molecule has 1 unspecified atom stereocenters. The number of anilines is 2. The van der Waals surface area contributed by atoms with Gasteiger partial charge >= 0.3 is 0 Å². The van der Waals surface area contributed by atoms with Gasteiger partial charge in [-0.3, -0.25) is 14.2 Å². The molecule has 0 bridgehead atoms. The second-order valence-electron chi connectivity index (χ2n) is 6.50. The lowest BCUT2D eigenvalue weighted by Gasteiger charge is -2.40. The van der Waals surface area contributed by atoms with Crippen LogP contribution in [0.3, 0.4) is 0 Å². The van der Waals surface area contributed by atoms with Crippen LogP contribution in [0.5, 0.6) is 0 Å². The number of nitrogens with zero attached hydrogens (tertiary/aromatic N) is 4. The summed E-state index contributed by atoms with van der Waals surface area (Å²) in [5.74, 6) is 0.0709. The first-order valence-electron chi connectivity index (χ1n) is 7.82. The predicted molar refractivity (Wildman–Crippen MR) is 90.7 cm³/mol. The SMILES string of the molecule is CC1(C)OCCC12N(Cl)C(=O)c1ccc(Nc3ccncn3)c(=O)n12. The van der Waals surface area contributed by atoms with E-state index in [1.807, 2.05) is 13.8 Å². The highest BCUT2D eigenvalue weighted by atomic mass is 35.5. The average molecular weight is 362 g/mol. The first-order valence-corrected chi connectivity index (χ1v) is 8.16. The van der Waals surface area contributed by atoms with Gasteiger partial charge in [-0.25, -0.2) is 14.4 Å². The third-order valence-corrected chi connectivity index (χ3v) is 5.33. The summed E-state index contributed by atoms with van der Waals surface area (Å²) in [5.41, 5.74) is -1.70. The normalized spacial score (nSPS) is 24.0. The van der Waals surface area contributed by atoms with Crippen LogP contribution in [0.2, 0.25) is 0 Å². The molecule has 8 nitrogen and oxygen atoms in total. The summed E-state index contributed by atoms with van der Waals surface area (Å²) in [6.45, 7) is 4.06. The number of nitrogens with one attached hydrogen (secondary N) is 1. The Morgan fingerprint density at radius 1 is 1.28 bits per heavy atom. The van der Waals surface area contributed by atoms with Gasteiger partial charge < -0.3 is 10.1 Å². The topological polar surface area (TPSA) is 89.3 Å². The van der Waals surface area contributed by atoms with Crippen molar-refractivity contribution in [3.63, 3.8) is 0 Å². The number of rotatable bonds is 2. The van der Waals surface area contributed by atoms with E-state index in [9.17, 15) is 9.59 Å². The zero-order chi connectivity index (χ0) is 17.8. The van der Waals surface area contributed by atoms with E-state index in [1.54, 1.807) is 24.4 Å². The van der Waals surface area contributed by atoms with Crippen molar-refractivity contribution in [1.29, 1.82) is 0 Å². The zero-order valence-electron chi connectivity index (χ0n) is 13.7. The maximum absolute atomic E-state index is 13.2. The minimum atomic E-state index is -1.07. The van der Waals surface area contributed by atoms with Crippen molar-refractivity contribution in [2.75, 3.05) is 11.9 Å². The molecule has 4 heterocycles. The molecule has 1 spiro atoms. The van der Waals surface area contributed by atoms with Crippen LogP contribution >= 0.6 is 11.8 Å². The predicted octanol–water partition coefficient (Wildman–Crippen LogP) is 1.84. The van der Waals surface area contributed by atoms with Gasteiger partial charge in [0.05, 0.1) is 6.61 Å². The third kappa shape index (κ3) is 2.04. The molecule has 0 radical (unpaired) electrons. The average Bonchev–Trinajstić information content (AvgIpc) is 3.02. The van der Waals surface area contributed by atoms with E-state index in [4.69, 9.17) is 16.5 Å². The molecule has 130 valence electrons. The number of fused-ring (bicyclic) bond motifs is 2. The van der Waals surface area contributed by atoms with E-state index in [0.717, 1.165) is 4.42 Å². The maximum Gasteiger partial charge on any atom is 0.287 e. The first kappa shape index (κ1) is 16.0. The second kappa shape index (κ2) is 5.27. The van der Waals surface area contributed by atoms with Crippen LogP contribution in [0, 0.1) is 0 Å². The standard InChI is InChI=1S/C16H16ClN5O3/c1-15(2)16(6-8-25-15)21-11(14(24)22(16)17)4-3-10(13(21)23)20-12-5-7-18-9-19-12/h3-5,7,9H,6,8H2,1-2H3,(H,18,19,20). The van der Waals surface area contributed by atoms with E-state index < -0.39 is 17.2 Å². The van der Waals surface area contributed by atoms with Gasteiger partial charge in [0, 0.05) is 24.4 Å². The van der Waals surface area contributed by atoms with E-state index in [-0.39, 0.29) is 11.3 Å². The van der Waals surface area contributed by atoms with E-state index in [1.165, 1.54) is 10.9 Å². The van der Waals surface area contributed by atoms with E-state index in [2.05, 4.69) is 15.3 Å². The van der Waals surface area contributed by atoms with Crippen LogP contribution in [0.4, 0.5) is 11.5 Å². The first-order chi connectivity index (χ1) is 11.9. The number of carbonyl (C=O) groups is 1. The molecule has 1 N–H and O–H groups in total. The quantitative estimate of drug-likeness (QED) is 0.821. The Kier molecular flexibility index (Phi) is 3.38. The van der Waals surface area contributed by atoms with Crippen molar-refractivity contribution in [3.05, 3.63) is 46.8 Å². The molecular weight excluding hydrogens is 346 g/mol. The maximum atomic E-state index is 13.2.